The van der Waals surface area contributed by atoms with Crippen molar-refractivity contribution in [1.82, 2.24) is 29.6 Å². The summed E-state index contributed by atoms with van der Waals surface area (Å²) in [5.41, 5.74) is 3.50. The molecule has 4 rings (SSSR count). The molecule has 9 nitrogen and oxygen atoms in total. The minimum atomic E-state index is -0.247. The Bertz CT molecular complexity index is 1360. The lowest BCUT2D eigenvalue weighted by atomic mass is 9.87. The standard InChI is InChI=1S/C24H27N7O2S/c1-16-21(22(33)31(29(16)5)19-9-7-6-8-10-19)30-23(26-27-28-30)34-15-20(32)25-18-13-11-17(12-14-18)24(2,3)4/h6-14H,15H2,1-5H3,(H,25,32). The number of thioether (sulfide) groups is 1. The first kappa shape index (κ1) is 23.5. The first-order valence-electron chi connectivity index (χ1n) is 10.8. The molecular formula is C24H27N7O2S. The van der Waals surface area contributed by atoms with E-state index in [2.05, 4.69) is 41.6 Å². The molecular weight excluding hydrogens is 450 g/mol. The maximum atomic E-state index is 13.3. The van der Waals surface area contributed by atoms with Crippen LogP contribution in [0.2, 0.25) is 0 Å². The Balaban J connectivity index is 1.51. The molecule has 0 aliphatic rings. The van der Waals surface area contributed by atoms with Gasteiger partial charge in [-0.25, -0.2) is 4.68 Å². The number of tetrazole rings is 1. The van der Waals surface area contributed by atoms with Crippen LogP contribution in [0.15, 0.2) is 64.5 Å². The summed E-state index contributed by atoms with van der Waals surface area (Å²) in [5.74, 6) is -0.0882. The molecule has 0 saturated heterocycles. The van der Waals surface area contributed by atoms with Gasteiger partial charge in [-0.15, -0.1) is 5.10 Å². The van der Waals surface area contributed by atoms with Crippen molar-refractivity contribution in [3.05, 3.63) is 76.2 Å². The number of aromatic nitrogens is 6. The lowest BCUT2D eigenvalue weighted by molar-refractivity contribution is -0.113. The van der Waals surface area contributed by atoms with Crippen molar-refractivity contribution in [2.75, 3.05) is 11.1 Å². The quantitative estimate of drug-likeness (QED) is 0.427. The number of amides is 1. The SMILES string of the molecule is Cc1c(-n2nnnc2SCC(=O)Nc2ccc(C(C)(C)C)cc2)c(=O)n(-c2ccccc2)n1C. The second-order valence-corrected chi connectivity index (χ2v) is 9.89. The first-order chi connectivity index (χ1) is 16.2. The van der Waals surface area contributed by atoms with Gasteiger partial charge in [0.2, 0.25) is 11.1 Å². The highest BCUT2D eigenvalue weighted by Crippen LogP contribution is 2.24. The van der Waals surface area contributed by atoms with Crippen molar-refractivity contribution in [1.29, 1.82) is 0 Å². The maximum Gasteiger partial charge on any atom is 0.297 e. The fourth-order valence-electron chi connectivity index (χ4n) is 3.59. The van der Waals surface area contributed by atoms with Crippen LogP contribution in [-0.2, 0) is 17.3 Å². The van der Waals surface area contributed by atoms with Gasteiger partial charge in [0.05, 0.1) is 17.1 Å². The zero-order chi connectivity index (χ0) is 24.5. The van der Waals surface area contributed by atoms with E-state index in [1.807, 2.05) is 68.6 Å². The Morgan fingerprint density at radius 3 is 2.38 bits per heavy atom. The van der Waals surface area contributed by atoms with Crippen molar-refractivity contribution < 1.29 is 4.79 Å². The average Bonchev–Trinajstić information content (AvgIpc) is 3.34. The van der Waals surface area contributed by atoms with Gasteiger partial charge in [0.1, 0.15) is 0 Å². The van der Waals surface area contributed by atoms with E-state index in [0.717, 1.165) is 11.4 Å². The van der Waals surface area contributed by atoms with E-state index < -0.39 is 0 Å². The molecule has 1 N–H and O–H groups in total. The highest BCUT2D eigenvalue weighted by molar-refractivity contribution is 7.99. The van der Waals surface area contributed by atoms with Gasteiger partial charge in [0.15, 0.2) is 5.69 Å². The number of carbonyl (C=O) groups is 1. The van der Waals surface area contributed by atoms with E-state index in [9.17, 15) is 9.59 Å². The molecule has 0 bridgehead atoms. The maximum absolute atomic E-state index is 13.3. The van der Waals surface area contributed by atoms with Crippen molar-refractivity contribution in [3.63, 3.8) is 0 Å². The van der Waals surface area contributed by atoms with Gasteiger partial charge >= 0.3 is 0 Å². The molecule has 0 aliphatic heterocycles. The number of hydrogen-bond acceptors (Lipinski definition) is 6. The Morgan fingerprint density at radius 2 is 1.74 bits per heavy atom. The van der Waals surface area contributed by atoms with Crippen LogP contribution >= 0.6 is 11.8 Å². The smallest absolute Gasteiger partial charge is 0.297 e. The number of anilines is 1. The van der Waals surface area contributed by atoms with E-state index in [1.54, 1.807) is 9.36 Å². The minimum Gasteiger partial charge on any atom is -0.325 e. The second kappa shape index (κ2) is 9.30. The van der Waals surface area contributed by atoms with Gasteiger partial charge in [-0.3, -0.25) is 14.3 Å². The van der Waals surface area contributed by atoms with Crippen LogP contribution in [0.1, 0.15) is 32.0 Å². The van der Waals surface area contributed by atoms with Crippen molar-refractivity contribution in [2.45, 2.75) is 38.3 Å². The van der Waals surface area contributed by atoms with Crippen molar-refractivity contribution in [3.8, 4) is 11.4 Å². The van der Waals surface area contributed by atoms with Crippen LogP contribution in [0, 0.1) is 6.92 Å². The second-order valence-electron chi connectivity index (χ2n) is 8.95. The molecule has 0 aliphatic carbocycles. The summed E-state index contributed by atoms with van der Waals surface area (Å²) in [6, 6.07) is 17.2. The first-order valence-corrected chi connectivity index (χ1v) is 11.8. The van der Waals surface area contributed by atoms with Crippen LogP contribution in [0.5, 0.6) is 0 Å². The summed E-state index contributed by atoms with van der Waals surface area (Å²) >= 11 is 1.17. The Morgan fingerprint density at radius 1 is 1.06 bits per heavy atom. The van der Waals surface area contributed by atoms with Crippen LogP contribution in [0.4, 0.5) is 5.69 Å². The molecule has 0 saturated carbocycles. The molecule has 2 aromatic carbocycles. The highest BCUT2D eigenvalue weighted by Gasteiger charge is 2.22. The predicted molar refractivity (Wildman–Crippen MR) is 133 cm³/mol. The van der Waals surface area contributed by atoms with E-state index in [0.29, 0.717) is 16.5 Å². The number of rotatable bonds is 6. The van der Waals surface area contributed by atoms with Crippen molar-refractivity contribution in [2.24, 2.45) is 7.05 Å². The minimum absolute atomic E-state index is 0.0457. The summed E-state index contributed by atoms with van der Waals surface area (Å²) < 4.78 is 4.72. The van der Waals surface area contributed by atoms with Gasteiger partial charge in [-0.1, -0.05) is 62.9 Å². The van der Waals surface area contributed by atoms with Crippen LogP contribution in [0.25, 0.3) is 11.4 Å². The molecule has 0 atom stereocenters. The summed E-state index contributed by atoms with van der Waals surface area (Å²) in [4.78, 5) is 25.8. The molecule has 0 spiro atoms. The third kappa shape index (κ3) is 4.67. The third-order valence-corrected chi connectivity index (χ3v) is 6.46. The average molecular weight is 478 g/mol. The molecule has 0 fully saturated rings. The molecule has 176 valence electrons. The van der Waals surface area contributed by atoms with Gasteiger partial charge < -0.3 is 5.32 Å². The van der Waals surface area contributed by atoms with Crippen LogP contribution in [-0.4, -0.2) is 41.2 Å². The largest absolute Gasteiger partial charge is 0.325 e. The normalized spacial score (nSPS) is 11.6. The topological polar surface area (TPSA) is 99.6 Å². The highest BCUT2D eigenvalue weighted by atomic mass is 32.2. The summed E-state index contributed by atoms with van der Waals surface area (Å²) in [6.07, 6.45) is 0. The summed E-state index contributed by atoms with van der Waals surface area (Å²) in [5, 5.41) is 15.1. The molecule has 4 aromatic rings. The fraction of sp³-hybridized carbons (Fsp3) is 0.292. The summed E-state index contributed by atoms with van der Waals surface area (Å²) in [7, 11) is 1.81. The molecule has 2 aromatic heterocycles. The number of benzene rings is 2. The molecule has 10 heteroatoms. The zero-order valence-electron chi connectivity index (χ0n) is 19.8. The number of nitrogens with zero attached hydrogens (tertiary/aromatic N) is 6. The number of carbonyl (C=O) groups excluding carboxylic acids is 1. The Kier molecular flexibility index (Phi) is 6.43. The molecule has 0 unspecified atom stereocenters. The van der Waals surface area contributed by atoms with Gasteiger partial charge in [-0.05, 0) is 52.6 Å². The van der Waals surface area contributed by atoms with Crippen LogP contribution < -0.4 is 10.9 Å². The number of hydrogen-bond donors (Lipinski definition) is 1. The zero-order valence-corrected chi connectivity index (χ0v) is 20.6. The lowest BCUT2D eigenvalue weighted by Crippen LogP contribution is -2.22. The van der Waals surface area contributed by atoms with E-state index in [1.165, 1.54) is 22.0 Å². The Hall–Kier alpha value is -3.66. The van der Waals surface area contributed by atoms with E-state index >= 15 is 0 Å². The number of para-hydroxylation sites is 1. The van der Waals surface area contributed by atoms with Gasteiger partial charge in [-0.2, -0.15) is 4.68 Å². The Labute approximate surface area is 201 Å². The molecule has 0 radical (unpaired) electrons. The van der Waals surface area contributed by atoms with E-state index in [4.69, 9.17) is 0 Å². The molecule has 2 heterocycles. The van der Waals surface area contributed by atoms with E-state index in [-0.39, 0.29) is 22.6 Å². The van der Waals surface area contributed by atoms with Gasteiger partial charge in [0.25, 0.3) is 5.56 Å². The summed E-state index contributed by atoms with van der Waals surface area (Å²) in [6.45, 7) is 8.26. The fourth-order valence-corrected chi connectivity index (χ4v) is 4.26. The third-order valence-electron chi connectivity index (χ3n) is 5.54. The van der Waals surface area contributed by atoms with Crippen molar-refractivity contribution >= 4 is 23.4 Å². The lowest BCUT2D eigenvalue weighted by Gasteiger charge is -2.19. The van der Waals surface area contributed by atoms with Gasteiger partial charge in [0, 0.05) is 12.7 Å². The van der Waals surface area contributed by atoms with Crippen LogP contribution in [0.3, 0.4) is 0 Å². The monoisotopic (exact) mass is 477 g/mol. The predicted octanol–water partition coefficient (Wildman–Crippen LogP) is 3.49. The molecule has 1 amide bonds. The number of nitrogens with one attached hydrogen (secondary N) is 1. The molecule has 34 heavy (non-hydrogen) atoms.